The lowest BCUT2D eigenvalue weighted by molar-refractivity contribution is -0.115. The van der Waals surface area contributed by atoms with Crippen molar-refractivity contribution in [2.45, 2.75) is 30.7 Å². The minimum absolute atomic E-state index is 0.0854. The Bertz CT molecular complexity index is 1220. The molecule has 3 aromatic carbocycles. The van der Waals surface area contributed by atoms with E-state index in [0.29, 0.717) is 13.0 Å². The molecule has 1 heterocycles. The third-order valence-electron chi connectivity index (χ3n) is 5.24. The molecule has 164 valence electrons. The predicted octanol–water partition coefficient (Wildman–Crippen LogP) is 5.08. The predicted molar refractivity (Wildman–Crippen MR) is 129 cm³/mol. The van der Waals surface area contributed by atoms with Crippen molar-refractivity contribution >= 4 is 34.1 Å². The van der Waals surface area contributed by atoms with Crippen LogP contribution in [0.2, 0.25) is 0 Å². The molecule has 1 amide bonds. The Morgan fingerprint density at radius 1 is 1.06 bits per heavy atom. The number of benzene rings is 3. The van der Waals surface area contributed by atoms with E-state index in [1.807, 2.05) is 55.8 Å². The van der Waals surface area contributed by atoms with E-state index in [0.717, 1.165) is 22.4 Å². The number of carbonyl (C=O) groups is 1. The molecule has 0 saturated carbocycles. The number of ether oxygens (including phenoxy) is 1. The van der Waals surface area contributed by atoms with Crippen LogP contribution in [-0.4, -0.2) is 32.5 Å². The fourth-order valence-electron chi connectivity index (χ4n) is 3.48. The summed E-state index contributed by atoms with van der Waals surface area (Å²) in [6.45, 7) is 4.42. The van der Waals surface area contributed by atoms with Crippen molar-refractivity contribution in [3.63, 3.8) is 0 Å². The number of amides is 1. The highest BCUT2D eigenvalue weighted by atomic mass is 32.2. The summed E-state index contributed by atoms with van der Waals surface area (Å²) in [5.74, 6) is 1.56. The number of hydrogen-bond acceptors (Lipinski definition) is 5. The second kappa shape index (κ2) is 9.87. The molecule has 6 nitrogen and oxygen atoms in total. The van der Waals surface area contributed by atoms with E-state index in [1.54, 1.807) is 0 Å². The number of carbonyl (C=O) groups excluding carboxylic acids is 1. The number of fused-ring (bicyclic) bond motifs is 1. The van der Waals surface area contributed by atoms with Gasteiger partial charge in [-0.1, -0.05) is 54.2 Å². The van der Waals surface area contributed by atoms with Gasteiger partial charge >= 0.3 is 0 Å². The van der Waals surface area contributed by atoms with Crippen LogP contribution in [0.5, 0.6) is 5.75 Å². The van der Waals surface area contributed by atoms with Crippen LogP contribution in [0, 0.1) is 0 Å². The maximum Gasteiger partial charge on any atom is 0.237 e. The van der Waals surface area contributed by atoms with Gasteiger partial charge in [0.25, 0.3) is 0 Å². The highest BCUT2D eigenvalue weighted by Gasteiger charge is 2.19. The summed E-state index contributed by atoms with van der Waals surface area (Å²) in [5.41, 5.74) is 1.94. The zero-order valence-corrected chi connectivity index (χ0v) is 19.2. The molecule has 4 aromatic rings. The highest BCUT2D eigenvalue weighted by Crippen LogP contribution is 2.25. The molecule has 0 spiro atoms. The van der Waals surface area contributed by atoms with Crippen LogP contribution in [0.15, 0.2) is 71.9 Å². The lowest BCUT2D eigenvalue weighted by atomic mass is 10.0. The summed E-state index contributed by atoms with van der Waals surface area (Å²) < 4.78 is 7.40. The molecule has 0 fully saturated rings. The van der Waals surface area contributed by atoms with E-state index in [4.69, 9.17) is 4.74 Å². The number of nitrogens with one attached hydrogen (secondary N) is 1. The largest absolute Gasteiger partial charge is 0.494 e. The Kier molecular flexibility index (Phi) is 6.75. The molecule has 1 N–H and O–H groups in total. The van der Waals surface area contributed by atoms with Gasteiger partial charge < -0.3 is 14.6 Å². The Balaban J connectivity index is 1.42. The summed E-state index contributed by atoms with van der Waals surface area (Å²) in [7, 11) is 1.94. The van der Waals surface area contributed by atoms with Crippen molar-refractivity contribution in [3.05, 3.63) is 78.1 Å². The van der Waals surface area contributed by atoms with Gasteiger partial charge in [-0.3, -0.25) is 4.79 Å². The van der Waals surface area contributed by atoms with Crippen LogP contribution >= 0.6 is 11.8 Å². The number of rotatable bonds is 8. The smallest absolute Gasteiger partial charge is 0.237 e. The van der Waals surface area contributed by atoms with Crippen LogP contribution in [0.4, 0.5) is 5.69 Å². The molecule has 4 rings (SSSR count). The van der Waals surface area contributed by atoms with Gasteiger partial charge in [0.2, 0.25) is 5.91 Å². The average molecular weight is 447 g/mol. The number of anilines is 1. The number of nitrogens with zero attached hydrogens (tertiary/aromatic N) is 3. The van der Waals surface area contributed by atoms with E-state index < -0.39 is 0 Å². The van der Waals surface area contributed by atoms with Gasteiger partial charge in [-0.15, -0.1) is 10.2 Å². The molecule has 1 atom stereocenters. The molecule has 0 saturated heterocycles. The third kappa shape index (κ3) is 4.94. The van der Waals surface area contributed by atoms with Crippen molar-refractivity contribution < 1.29 is 9.53 Å². The number of aromatic nitrogens is 3. The SMILES string of the molecule is CCOc1ccc(NC(=O)[C@@H](C)Sc2nnc(Cc3cccc4ccccc34)n2C)cc1. The van der Waals surface area contributed by atoms with Gasteiger partial charge in [0.05, 0.1) is 11.9 Å². The molecule has 0 unspecified atom stereocenters. The van der Waals surface area contributed by atoms with Gasteiger partial charge in [-0.2, -0.15) is 0 Å². The van der Waals surface area contributed by atoms with Crippen LogP contribution < -0.4 is 10.1 Å². The van der Waals surface area contributed by atoms with Gasteiger partial charge in [-0.25, -0.2) is 0 Å². The molecule has 0 bridgehead atoms. The molecule has 1 aromatic heterocycles. The molecular weight excluding hydrogens is 420 g/mol. The van der Waals surface area contributed by atoms with Gasteiger partial charge in [0.1, 0.15) is 11.6 Å². The van der Waals surface area contributed by atoms with E-state index in [1.165, 1.54) is 28.1 Å². The molecule has 32 heavy (non-hydrogen) atoms. The molecule has 0 aliphatic rings. The van der Waals surface area contributed by atoms with Crippen LogP contribution in [0.1, 0.15) is 25.2 Å². The second-order valence-electron chi connectivity index (χ2n) is 7.48. The Morgan fingerprint density at radius 3 is 2.59 bits per heavy atom. The van der Waals surface area contributed by atoms with E-state index in [9.17, 15) is 4.79 Å². The number of hydrogen-bond donors (Lipinski definition) is 1. The van der Waals surface area contributed by atoms with Crippen molar-refractivity contribution in [2.24, 2.45) is 7.05 Å². The Morgan fingerprint density at radius 2 is 1.81 bits per heavy atom. The van der Waals surface area contributed by atoms with Crippen molar-refractivity contribution in [1.82, 2.24) is 14.8 Å². The van der Waals surface area contributed by atoms with Crippen LogP contribution in [0.25, 0.3) is 10.8 Å². The van der Waals surface area contributed by atoms with Crippen molar-refractivity contribution in [2.75, 3.05) is 11.9 Å². The fourth-order valence-corrected chi connectivity index (χ4v) is 4.31. The summed E-state index contributed by atoms with van der Waals surface area (Å²) in [5, 5.41) is 14.5. The van der Waals surface area contributed by atoms with E-state index in [2.05, 4.69) is 51.9 Å². The second-order valence-corrected chi connectivity index (χ2v) is 8.79. The molecule has 0 radical (unpaired) electrons. The Hall–Kier alpha value is -3.32. The van der Waals surface area contributed by atoms with Crippen LogP contribution in [0.3, 0.4) is 0 Å². The van der Waals surface area contributed by atoms with Gasteiger partial charge in [0.15, 0.2) is 5.16 Å². The summed E-state index contributed by atoms with van der Waals surface area (Å²) in [6, 6.07) is 22.0. The normalized spacial score (nSPS) is 12.0. The quantitative estimate of drug-likeness (QED) is 0.382. The van der Waals surface area contributed by atoms with Crippen LogP contribution in [-0.2, 0) is 18.3 Å². The maximum atomic E-state index is 12.7. The summed E-state index contributed by atoms with van der Waals surface area (Å²) >= 11 is 1.40. The van der Waals surface area contributed by atoms with Crippen molar-refractivity contribution in [3.8, 4) is 5.75 Å². The fraction of sp³-hybridized carbons (Fsp3) is 0.240. The zero-order chi connectivity index (χ0) is 22.5. The standard InChI is InChI=1S/C25H26N4O2S/c1-4-31-21-14-12-20(13-15-21)26-24(30)17(2)32-25-28-27-23(29(25)3)16-19-10-7-9-18-8-5-6-11-22(18)19/h5-15,17H,4,16H2,1-3H3,(H,26,30)/t17-/m1/s1. The minimum Gasteiger partial charge on any atom is -0.494 e. The maximum absolute atomic E-state index is 12.7. The van der Waals surface area contributed by atoms with Gasteiger partial charge in [-0.05, 0) is 54.4 Å². The monoisotopic (exact) mass is 446 g/mol. The van der Waals surface area contributed by atoms with Gasteiger partial charge in [0, 0.05) is 19.2 Å². The topological polar surface area (TPSA) is 69.0 Å². The molecule has 0 aliphatic carbocycles. The third-order valence-corrected chi connectivity index (χ3v) is 6.37. The van der Waals surface area contributed by atoms with Crippen molar-refractivity contribution in [1.29, 1.82) is 0 Å². The number of thioether (sulfide) groups is 1. The first-order valence-electron chi connectivity index (χ1n) is 10.6. The first kappa shape index (κ1) is 21.9. The van der Waals surface area contributed by atoms with E-state index >= 15 is 0 Å². The molecule has 7 heteroatoms. The lowest BCUT2D eigenvalue weighted by Gasteiger charge is -2.12. The van der Waals surface area contributed by atoms with E-state index in [-0.39, 0.29) is 11.2 Å². The lowest BCUT2D eigenvalue weighted by Crippen LogP contribution is -2.22. The molecule has 0 aliphatic heterocycles. The highest BCUT2D eigenvalue weighted by molar-refractivity contribution is 8.00. The molecular formula is C25H26N4O2S. The Labute approximate surface area is 192 Å². The summed E-state index contributed by atoms with van der Waals surface area (Å²) in [4.78, 5) is 12.7. The average Bonchev–Trinajstić information content (AvgIpc) is 3.14. The summed E-state index contributed by atoms with van der Waals surface area (Å²) in [6.07, 6.45) is 0.679. The minimum atomic E-state index is -0.324. The first-order valence-corrected chi connectivity index (χ1v) is 11.5. The zero-order valence-electron chi connectivity index (χ0n) is 18.4. The first-order chi connectivity index (χ1) is 15.5.